The Balaban J connectivity index is 3.73. The van der Waals surface area contributed by atoms with Crippen LogP contribution in [0.5, 0.6) is 0 Å². The number of hydrogen-bond acceptors (Lipinski definition) is 4. The molecule has 2 unspecified atom stereocenters. The molecular formula is C8H17N3O. The van der Waals surface area contributed by atoms with Gasteiger partial charge < -0.3 is 5.11 Å². The monoisotopic (exact) mass is 171 g/mol. The summed E-state index contributed by atoms with van der Waals surface area (Å²) in [6, 6.07) is 1.95. The van der Waals surface area contributed by atoms with E-state index >= 15 is 0 Å². The van der Waals surface area contributed by atoms with Crippen molar-refractivity contribution in [3.8, 4) is 6.07 Å². The van der Waals surface area contributed by atoms with Crippen molar-refractivity contribution in [1.29, 1.82) is 5.26 Å². The van der Waals surface area contributed by atoms with Gasteiger partial charge >= 0.3 is 0 Å². The second kappa shape index (κ2) is 4.41. The van der Waals surface area contributed by atoms with E-state index in [1.54, 1.807) is 6.92 Å². The average molecular weight is 171 g/mol. The Labute approximate surface area is 73.6 Å². The van der Waals surface area contributed by atoms with E-state index in [0.29, 0.717) is 0 Å². The second-order valence-corrected chi connectivity index (χ2v) is 3.88. The molecular weight excluding hydrogens is 154 g/mol. The second-order valence-electron chi connectivity index (χ2n) is 3.88. The lowest BCUT2D eigenvalue weighted by molar-refractivity contribution is 0.0752. The van der Waals surface area contributed by atoms with E-state index in [9.17, 15) is 5.11 Å². The molecule has 0 aliphatic carbocycles. The number of rotatable bonds is 3. The summed E-state index contributed by atoms with van der Waals surface area (Å²) in [5.41, 5.74) is 5.43. The summed E-state index contributed by atoms with van der Waals surface area (Å²) in [6.45, 7) is 7.54. The van der Waals surface area contributed by atoms with Crippen LogP contribution in [0.2, 0.25) is 0 Å². The molecule has 0 aromatic carbocycles. The highest BCUT2D eigenvalue weighted by Crippen LogP contribution is 1.99. The largest absolute Gasteiger partial charge is 0.376 e. The first kappa shape index (κ1) is 11.4. The van der Waals surface area contributed by atoms with Gasteiger partial charge in [-0.05, 0) is 27.7 Å². The van der Waals surface area contributed by atoms with Gasteiger partial charge in [0.05, 0.1) is 12.0 Å². The van der Waals surface area contributed by atoms with Crippen molar-refractivity contribution in [1.82, 2.24) is 10.9 Å². The van der Waals surface area contributed by atoms with Crippen molar-refractivity contribution in [3.05, 3.63) is 0 Å². The zero-order chi connectivity index (χ0) is 9.78. The van der Waals surface area contributed by atoms with Crippen molar-refractivity contribution in [2.75, 3.05) is 0 Å². The fourth-order valence-electron chi connectivity index (χ4n) is 0.486. The van der Waals surface area contributed by atoms with Crippen LogP contribution in [0.15, 0.2) is 0 Å². The van der Waals surface area contributed by atoms with Gasteiger partial charge in [-0.2, -0.15) is 5.26 Å². The summed E-state index contributed by atoms with van der Waals surface area (Å²) in [4.78, 5) is 0. The Bertz CT molecular complexity index is 168. The summed E-state index contributed by atoms with van der Waals surface area (Å²) < 4.78 is 0. The minimum atomic E-state index is -0.825. The fraction of sp³-hybridized carbons (Fsp3) is 0.875. The predicted octanol–water partition coefficient (Wildman–Crippen LogP) is 0.357. The molecule has 0 aliphatic rings. The molecule has 4 heteroatoms. The van der Waals surface area contributed by atoms with Gasteiger partial charge in [0, 0.05) is 5.54 Å². The van der Waals surface area contributed by atoms with E-state index in [-0.39, 0.29) is 5.54 Å². The zero-order valence-corrected chi connectivity index (χ0v) is 8.05. The molecule has 0 bridgehead atoms. The summed E-state index contributed by atoms with van der Waals surface area (Å²) in [5, 5.41) is 17.7. The Hall–Kier alpha value is -0.630. The molecule has 0 aromatic rings. The number of nitriles is 1. The maximum Gasteiger partial charge on any atom is 0.132 e. The minimum absolute atomic E-state index is 0.115. The first-order chi connectivity index (χ1) is 5.37. The van der Waals surface area contributed by atoms with Crippen LogP contribution in [0.4, 0.5) is 0 Å². The van der Waals surface area contributed by atoms with Crippen LogP contribution in [0.1, 0.15) is 27.7 Å². The molecule has 3 N–H and O–H groups in total. The summed E-state index contributed by atoms with van der Waals surface area (Å²) in [5.74, 6) is -0.417. The van der Waals surface area contributed by atoms with Gasteiger partial charge in [0.15, 0.2) is 0 Å². The van der Waals surface area contributed by atoms with Crippen LogP contribution in [-0.4, -0.2) is 16.9 Å². The van der Waals surface area contributed by atoms with E-state index in [2.05, 4.69) is 10.9 Å². The number of aliphatic hydroxyl groups excluding tert-OH is 1. The number of nitrogens with zero attached hydrogens (tertiary/aromatic N) is 1. The zero-order valence-electron chi connectivity index (χ0n) is 8.05. The van der Waals surface area contributed by atoms with Crippen LogP contribution in [0.25, 0.3) is 0 Å². The predicted molar refractivity (Wildman–Crippen MR) is 46.8 cm³/mol. The highest BCUT2D eigenvalue weighted by Gasteiger charge is 2.15. The van der Waals surface area contributed by atoms with Gasteiger partial charge in [-0.1, -0.05) is 0 Å². The molecule has 0 radical (unpaired) electrons. The fourth-order valence-corrected chi connectivity index (χ4v) is 0.486. The molecule has 2 atom stereocenters. The molecule has 0 spiro atoms. The molecule has 0 aliphatic heterocycles. The van der Waals surface area contributed by atoms with E-state index in [0.717, 1.165) is 0 Å². The van der Waals surface area contributed by atoms with Crippen LogP contribution in [0, 0.1) is 17.2 Å². The van der Waals surface area contributed by atoms with Gasteiger partial charge in [-0.3, -0.25) is 5.43 Å². The molecule has 0 heterocycles. The van der Waals surface area contributed by atoms with E-state index in [1.807, 2.05) is 26.8 Å². The first-order valence-electron chi connectivity index (χ1n) is 3.97. The number of hydrogen-bond donors (Lipinski definition) is 3. The maximum absolute atomic E-state index is 9.28. The van der Waals surface area contributed by atoms with Crippen molar-refractivity contribution in [2.24, 2.45) is 5.92 Å². The first-order valence-corrected chi connectivity index (χ1v) is 3.97. The van der Waals surface area contributed by atoms with Gasteiger partial charge in [-0.25, -0.2) is 5.43 Å². The third-order valence-corrected chi connectivity index (χ3v) is 1.27. The highest BCUT2D eigenvalue weighted by atomic mass is 16.3. The van der Waals surface area contributed by atoms with Crippen molar-refractivity contribution >= 4 is 0 Å². The van der Waals surface area contributed by atoms with E-state index in [4.69, 9.17) is 5.26 Å². The smallest absolute Gasteiger partial charge is 0.132 e. The SMILES string of the molecule is CC(C#N)C(O)NNC(C)(C)C. The average Bonchev–Trinajstić information content (AvgIpc) is 1.97. The van der Waals surface area contributed by atoms with Crippen molar-refractivity contribution in [2.45, 2.75) is 39.5 Å². The maximum atomic E-state index is 9.28. The third kappa shape index (κ3) is 5.08. The van der Waals surface area contributed by atoms with Crippen LogP contribution in [0.3, 0.4) is 0 Å². The quantitative estimate of drug-likeness (QED) is 0.423. The lowest BCUT2D eigenvalue weighted by Gasteiger charge is -2.24. The van der Waals surface area contributed by atoms with Gasteiger partial charge in [0.1, 0.15) is 6.23 Å². The molecule has 12 heavy (non-hydrogen) atoms. The molecule has 4 nitrogen and oxygen atoms in total. The lowest BCUT2D eigenvalue weighted by atomic mass is 10.1. The summed E-state index contributed by atoms with van der Waals surface area (Å²) >= 11 is 0. The normalized spacial score (nSPS) is 16.7. The number of hydrazine groups is 1. The van der Waals surface area contributed by atoms with Crippen LogP contribution >= 0.6 is 0 Å². The Morgan fingerprint density at radius 3 is 2.25 bits per heavy atom. The molecule has 0 rings (SSSR count). The third-order valence-electron chi connectivity index (χ3n) is 1.27. The molecule has 0 saturated heterocycles. The van der Waals surface area contributed by atoms with Crippen LogP contribution in [-0.2, 0) is 0 Å². The van der Waals surface area contributed by atoms with Gasteiger partial charge in [0.25, 0.3) is 0 Å². The Morgan fingerprint density at radius 1 is 1.42 bits per heavy atom. The molecule has 0 aromatic heterocycles. The number of aliphatic hydroxyl groups is 1. The standard InChI is InChI=1S/C8H17N3O/c1-6(5-9)7(12)10-11-8(2,3)4/h6-7,10-12H,1-4H3. The number of nitrogens with one attached hydrogen (secondary N) is 2. The topological polar surface area (TPSA) is 68.1 Å². The molecule has 0 saturated carbocycles. The molecule has 0 amide bonds. The Morgan fingerprint density at radius 2 is 1.92 bits per heavy atom. The Kier molecular flexibility index (Phi) is 4.18. The minimum Gasteiger partial charge on any atom is -0.376 e. The van der Waals surface area contributed by atoms with Crippen molar-refractivity contribution in [3.63, 3.8) is 0 Å². The van der Waals surface area contributed by atoms with E-state index in [1.165, 1.54) is 0 Å². The van der Waals surface area contributed by atoms with Crippen molar-refractivity contribution < 1.29 is 5.11 Å². The van der Waals surface area contributed by atoms with Crippen LogP contribution < -0.4 is 10.9 Å². The van der Waals surface area contributed by atoms with Gasteiger partial charge in [0.2, 0.25) is 0 Å². The van der Waals surface area contributed by atoms with E-state index < -0.39 is 12.1 Å². The van der Waals surface area contributed by atoms with Gasteiger partial charge in [-0.15, -0.1) is 0 Å². The summed E-state index contributed by atoms with van der Waals surface area (Å²) in [7, 11) is 0. The summed E-state index contributed by atoms with van der Waals surface area (Å²) in [6.07, 6.45) is -0.825. The lowest BCUT2D eigenvalue weighted by Crippen LogP contribution is -2.52. The molecule has 0 fully saturated rings. The molecule has 70 valence electrons. The highest BCUT2D eigenvalue weighted by molar-refractivity contribution is 4.83.